The Morgan fingerprint density at radius 1 is 0.530 bits per heavy atom. The van der Waals surface area contributed by atoms with Crippen molar-refractivity contribution >= 4 is 23.6 Å². The summed E-state index contributed by atoms with van der Waals surface area (Å²) in [7, 11) is 0. The van der Waals surface area contributed by atoms with Crippen LogP contribution in [0.25, 0.3) is 0 Å². The highest BCUT2D eigenvalue weighted by atomic mass is 16.6. The first kappa shape index (κ1) is 45.5. The molecule has 0 aromatic heterocycles. The number of rotatable bonds is 21. The van der Waals surface area contributed by atoms with Gasteiger partial charge in [-0.1, -0.05) is 100 Å². The average Bonchev–Trinajstić information content (AvgIpc) is 4.27. The van der Waals surface area contributed by atoms with E-state index >= 15 is 0 Å². The molecule has 2 saturated heterocycles. The number of nitrogens with one attached hydrogen (secondary N) is 2. The second kappa shape index (κ2) is 20.4. The molecule has 0 aliphatic carbocycles. The molecule has 0 saturated carbocycles. The van der Waals surface area contributed by atoms with E-state index in [1.165, 1.54) is 0 Å². The third-order valence-electron chi connectivity index (χ3n) is 11.9. The fourth-order valence-corrected chi connectivity index (χ4v) is 7.48. The van der Waals surface area contributed by atoms with Gasteiger partial charge in [0.25, 0.3) is 0 Å². The number of anilines is 2. The lowest BCUT2D eigenvalue weighted by molar-refractivity contribution is 0.0429. The van der Waals surface area contributed by atoms with Crippen molar-refractivity contribution in [3.63, 3.8) is 0 Å². The zero-order valence-corrected chi connectivity index (χ0v) is 37.7. The molecule has 2 aliphatic heterocycles. The number of hydrogen-bond acceptors (Lipinski definition) is 9. The topological polar surface area (TPSA) is 150 Å². The van der Waals surface area contributed by atoms with Crippen LogP contribution in [0, 0.1) is 0 Å². The number of carbonyl (C=O) groups excluding carboxylic acids is 1. The van der Waals surface area contributed by atoms with E-state index in [2.05, 4.69) is 62.6 Å². The van der Waals surface area contributed by atoms with E-state index in [0.717, 1.165) is 58.1 Å². The van der Waals surface area contributed by atoms with Gasteiger partial charge in [0, 0.05) is 22.2 Å². The van der Waals surface area contributed by atoms with Gasteiger partial charge < -0.3 is 38.3 Å². The van der Waals surface area contributed by atoms with Crippen LogP contribution in [-0.2, 0) is 31.5 Å². The van der Waals surface area contributed by atoms with Crippen LogP contribution in [0.3, 0.4) is 0 Å². The zero-order chi connectivity index (χ0) is 46.1. The molecule has 2 amide bonds. The maximum absolute atomic E-state index is 13.4. The van der Waals surface area contributed by atoms with Gasteiger partial charge in [-0.05, 0) is 113 Å². The molecule has 66 heavy (non-hydrogen) atoms. The lowest BCUT2D eigenvalue weighted by Crippen LogP contribution is -2.33. The number of amides is 2. The first-order valence-corrected chi connectivity index (χ1v) is 22.2. The number of epoxide rings is 2. The van der Waals surface area contributed by atoms with Crippen molar-refractivity contribution in [2.75, 3.05) is 50.3 Å². The van der Waals surface area contributed by atoms with Gasteiger partial charge in [-0.25, -0.2) is 9.59 Å². The van der Waals surface area contributed by atoms with E-state index in [1.54, 1.807) is 12.1 Å². The van der Waals surface area contributed by atoms with Gasteiger partial charge >= 0.3 is 12.2 Å². The van der Waals surface area contributed by atoms with Gasteiger partial charge in [-0.2, -0.15) is 0 Å². The van der Waals surface area contributed by atoms with Gasteiger partial charge in [0.2, 0.25) is 0 Å². The van der Waals surface area contributed by atoms with Crippen molar-refractivity contribution in [2.45, 2.75) is 63.3 Å². The molecule has 342 valence electrons. The Morgan fingerprint density at radius 3 is 1.20 bits per heavy atom. The van der Waals surface area contributed by atoms with E-state index in [9.17, 15) is 9.59 Å². The van der Waals surface area contributed by atoms with Gasteiger partial charge in [-0.3, -0.25) is 10.6 Å². The Bertz CT molecular complexity index is 2400. The lowest BCUT2D eigenvalue weighted by Gasteiger charge is -2.27. The molecule has 2 fully saturated rings. The maximum Gasteiger partial charge on any atom is 0.412 e. The fraction of sp³-hybridized carbons (Fsp3) is 0.296. The summed E-state index contributed by atoms with van der Waals surface area (Å²) in [5, 5.41) is 14.1. The Morgan fingerprint density at radius 2 is 0.864 bits per heavy atom. The third kappa shape index (κ3) is 12.6. The molecule has 12 heteroatoms. The van der Waals surface area contributed by atoms with Crippen LogP contribution in [0.4, 0.5) is 21.0 Å². The smallest absolute Gasteiger partial charge is 0.412 e. The second-order valence-corrected chi connectivity index (χ2v) is 17.7. The Labute approximate surface area is 385 Å². The summed E-state index contributed by atoms with van der Waals surface area (Å²) in [5.41, 5.74) is 7.04. The number of hydrogen-bond donors (Lipinski definition) is 3. The molecule has 6 aromatic carbocycles. The quantitative estimate of drug-likeness (QED) is 0.0596. The summed E-state index contributed by atoms with van der Waals surface area (Å²) in [6.45, 7) is 11.4. The molecular formula is C54H56N2O10. The van der Waals surface area contributed by atoms with Crippen molar-refractivity contribution in [1.82, 2.24) is 0 Å². The Hall–Kier alpha value is -7.02. The van der Waals surface area contributed by atoms with Gasteiger partial charge in [0.1, 0.15) is 61.6 Å². The summed E-state index contributed by atoms with van der Waals surface area (Å²) in [6, 6.07) is 46.9. The molecule has 0 radical (unpaired) electrons. The van der Waals surface area contributed by atoms with Crippen LogP contribution in [-0.4, -0.2) is 75.2 Å². The highest BCUT2D eigenvalue weighted by molar-refractivity contribution is 5.84. The molecule has 0 bridgehead atoms. The van der Waals surface area contributed by atoms with Crippen LogP contribution in [0.15, 0.2) is 146 Å². The zero-order valence-electron chi connectivity index (χ0n) is 37.7. The molecule has 12 nitrogen and oxygen atoms in total. The Balaban J connectivity index is 0.895. The minimum absolute atomic E-state index is 0.0434. The average molecular weight is 893 g/mol. The number of ether oxygens (including phenoxy) is 7. The van der Waals surface area contributed by atoms with Gasteiger partial charge in [-0.15, -0.1) is 0 Å². The fourth-order valence-electron chi connectivity index (χ4n) is 7.48. The molecule has 0 spiro atoms. The van der Waals surface area contributed by atoms with Gasteiger partial charge in [0.05, 0.1) is 13.2 Å². The monoisotopic (exact) mass is 892 g/mol. The third-order valence-corrected chi connectivity index (χ3v) is 11.9. The maximum atomic E-state index is 13.4. The molecule has 8 rings (SSSR count). The largest absolute Gasteiger partial charge is 0.491 e. The summed E-state index contributed by atoms with van der Waals surface area (Å²) in [4.78, 5) is 24.3. The minimum atomic E-state index is -1.11. The van der Waals surface area contributed by atoms with Crippen LogP contribution < -0.4 is 29.6 Å². The predicted molar refractivity (Wildman–Crippen MR) is 253 cm³/mol. The highest BCUT2D eigenvalue weighted by Gasteiger charge is 2.27. The Kier molecular flexibility index (Phi) is 14.1. The predicted octanol–water partition coefficient (Wildman–Crippen LogP) is 10.6. The SMILES string of the molecule is CC(C)(c1ccc(OCC2CO2)cc1)c1ccc(OCC(COc2ccc(C(C)(C)c3ccc(OCC4CO4)cc3)cc2)OC(=O)Nc2ccc(Cc3ccc(NC(=O)O)cc3)cc2)cc1. The van der Waals surface area contributed by atoms with Crippen LogP contribution in [0.5, 0.6) is 23.0 Å². The van der Waals surface area contributed by atoms with E-state index in [1.807, 2.05) is 109 Å². The number of benzene rings is 6. The summed E-state index contributed by atoms with van der Waals surface area (Å²) >= 11 is 0. The summed E-state index contributed by atoms with van der Waals surface area (Å²) < 4.78 is 40.6. The normalized spacial score (nSPS) is 15.8. The van der Waals surface area contributed by atoms with Crippen molar-refractivity contribution in [3.8, 4) is 23.0 Å². The van der Waals surface area contributed by atoms with E-state index < -0.39 is 18.3 Å². The molecule has 3 N–H and O–H groups in total. The van der Waals surface area contributed by atoms with E-state index in [4.69, 9.17) is 38.3 Å². The molecule has 6 aromatic rings. The van der Waals surface area contributed by atoms with E-state index in [0.29, 0.717) is 42.5 Å². The summed E-state index contributed by atoms with van der Waals surface area (Å²) in [6.07, 6.45) is -1.49. The summed E-state index contributed by atoms with van der Waals surface area (Å²) in [5.74, 6) is 2.89. The molecule has 2 heterocycles. The van der Waals surface area contributed by atoms with E-state index in [-0.39, 0.29) is 36.3 Å². The van der Waals surface area contributed by atoms with Crippen molar-refractivity contribution in [1.29, 1.82) is 0 Å². The first-order valence-electron chi connectivity index (χ1n) is 22.2. The second-order valence-electron chi connectivity index (χ2n) is 17.7. The highest BCUT2D eigenvalue weighted by Crippen LogP contribution is 2.35. The number of carboxylic acid groups (broad SMARTS) is 1. The minimum Gasteiger partial charge on any atom is -0.491 e. The van der Waals surface area contributed by atoms with Crippen molar-refractivity contribution in [2.24, 2.45) is 0 Å². The lowest BCUT2D eigenvalue weighted by atomic mass is 9.78. The number of carbonyl (C=O) groups is 2. The standard InChI is InChI=1S/C54H56N2O10/c1-53(2,38-9-21-44(22-10-38)60-30-48-32-64-48)40-13-25-46(26-14-40)62-34-50(66-52(59)56-43-19-7-37(8-20-43)29-36-5-17-42(18-6-36)55-51(57)58)35-63-47-27-15-41(16-28-47)54(3,4)39-11-23-45(24-12-39)61-31-49-33-65-49/h5-28,48-50,55H,29-35H2,1-4H3,(H,56,59)(H,57,58). The first-order chi connectivity index (χ1) is 31.8. The molecular weight excluding hydrogens is 837 g/mol. The van der Waals surface area contributed by atoms with Crippen LogP contribution >= 0.6 is 0 Å². The molecule has 2 atom stereocenters. The molecule has 2 unspecified atom stereocenters. The van der Waals surface area contributed by atoms with Crippen molar-refractivity contribution < 1.29 is 47.9 Å². The van der Waals surface area contributed by atoms with Crippen LogP contribution in [0.2, 0.25) is 0 Å². The molecule has 2 aliphatic rings. The van der Waals surface area contributed by atoms with Gasteiger partial charge in [0.15, 0.2) is 6.10 Å². The van der Waals surface area contributed by atoms with Crippen molar-refractivity contribution in [3.05, 3.63) is 179 Å². The van der Waals surface area contributed by atoms with Crippen LogP contribution in [0.1, 0.15) is 61.1 Å².